The van der Waals surface area contributed by atoms with Crippen LogP contribution >= 0.6 is 11.6 Å². The summed E-state index contributed by atoms with van der Waals surface area (Å²) in [6.45, 7) is -0.153. The number of sulfonamides is 1. The highest BCUT2D eigenvalue weighted by molar-refractivity contribution is 7.92. The van der Waals surface area contributed by atoms with Crippen molar-refractivity contribution in [1.82, 2.24) is 5.32 Å². The third kappa shape index (κ3) is 5.17. The molecule has 2 aromatic carbocycles. The van der Waals surface area contributed by atoms with Gasteiger partial charge in [0.2, 0.25) is 10.0 Å². The van der Waals surface area contributed by atoms with Crippen molar-refractivity contribution in [3.8, 4) is 5.75 Å². The first-order valence-electron chi connectivity index (χ1n) is 8.83. The van der Waals surface area contributed by atoms with Gasteiger partial charge in [-0.1, -0.05) is 23.7 Å². The summed E-state index contributed by atoms with van der Waals surface area (Å²) in [6, 6.07) is 9.03. The van der Waals surface area contributed by atoms with Gasteiger partial charge in [-0.15, -0.1) is 0 Å². The highest BCUT2D eigenvalue weighted by Crippen LogP contribution is 2.36. The first-order chi connectivity index (χ1) is 13.9. The number of hydrogen-bond donors (Lipinski definition) is 1. The predicted molar refractivity (Wildman–Crippen MR) is 106 cm³/mol. The molecule has 1 heterocycles. The first-order valence-corrected chi connectivity index (χ1v) is 11.1. The molecule has 2 aromatic rings. The molecular formula is C19H18ClF3N2O4S. The smallest absolute Gasteiger partial charge is 0.416 e. The molecule has 1 aliphatic rings. The minimum atomic E-state index is -4.48. The van der Waals surface area contributed by atoms with E-state index in [2.05, 4.69) is 5.32 Å². The molecule has 1 amide bonds. The highest BCUT2D eigenvalue weighted by atomic mass is 35.5. The Kier molecular flexibility index (Phi) is 6.19. The predicted octanol–water partition coefficient (Wildman–Crippen LogP) is 3.59. The van der Waals surface area contributed by atoms with Crippen LogP contribution in [0.5, 0.6) is 5.75 Å². The molecule has 0 saturated heterocycles. The van der Waals surface area contributed by atoms with Crippen LogP contribution in [0.25, 0.3) is 0 Å². The largest absolute Gasteiger partial charge is 0.478 e. The zero-order valence-electron chi connectivity index (χ0n) is 15.7. The second-order valence-electron chi connectivity index (χ2n) is 6.76. The van der Waals surface area contributed by atoms with Crippen LogP contribution in [0.3, 0.4) is 0 Å². The zero-order valence-corrected chi connectivity index (χ0v) is 17.3. The third-order valence-electron chi connectivity index (χ3n) is 4.47. The summed E-state index contributed by atoms with van der Waals surface area (Å²) in [4.78, 5) is 12.6. The SMILES string of the molecule is CS(=O)(=O)N1CC[C@H](C(=O)NCc2cccc(C(F)(F)F)c2)Oc2ccc(Cl)cc21. The molecule has 0 saturated carbocycles. The minimum Gasteiger partial charge on any atom is -0.478 e. The maximum Gasteiger partial charge on any atom is 0.416 e. The molecule has 0 unspecified atom stereocenters. The van der Waals surface area contributed by atoms with Gasteiger partial charge in [0.1, 0.15) is 5.75 Å². The summed E-state index contributed by atoms with van der Waals surface area (Å²) in [7, 11) is -3.65. The molecule has 0 fully saturated rings. The van der Waals surface area contributed by atoms with Crippen LogP contribution in [-0.4, -0.2) is 33.2 Å². The zero-order chi connectivity index (χ0) is 22.1. The average Bonchev–Trinajstić information content (AvgIpc) is 2.85. The van der Waals surface area contributed by atoms with E-state index in [1.165, 1.54) is 30.3 Å². The number of benzene rings is 2. The maximum atomic E-state index is 12.8. The number of hydrogen-bond acceptors (Lipinski definition) is 4. The van der Waals surface area contributed by atoms with Crippen LogP contribution in [0.4, 0.5) is 18.9 Å². The molecule has 0 radical (unpaired) electrons. The highest BCUT2D eigenvalue weighted by Gasteiger charge is 2.32. The summed E-state index contributed by atoms with van der Waals surface area (Å²) >= 11 is 5.97. The number of alkyl halides is 3. The Morgan fingerprint density at radius 3 is 2.67 bits per heavy atom. The van der Waals surface area contributed by atoms with Crippen molar-refractivity contribution < 1.29 is 31.1 Å². The first kappa shape index (κ1) is 22.2. The Bertz CT molecular complexity index is 1060. The molecule has 0 aliphatic carbocycles. The fraction of sp³-hybridized carbons (Fsp3) is 0.316. The van der Waals surface area contributed by atoms with E-state index >= 15 is 0 Å². The molecule has 1 aliphatic heterocycles. The summed E-state index contributed by atoms with van der Waals surface area (Å²) in [5, 5.41) is 2.85. The normalized spacial score (nSPS) is 17.0. The van der Waals surface area contributed by atoms with Gasteiger partial charge in [-0.2, -0.15) is 13.2 Å². The van der Waals surface area contributed by atoms with E-state index in [0.717, 1.165) is 22.7 Å². The van der Waals surface area contributed by atoms with Crippen LogP contribution < -0.4 is 14.4 Å². The van der Waals surface area contributed by atoms with E-state index in [4.69, 9.17) is 16.3 Å². The lowest BCUT2D eigenvalue weighted by Gasteiger charge is -2.21. The van der Waals surface area contributed by atoms with Crippen molar-refractivity contribution >= 4 is 33.2 Å². The van der Waals surface area contributed by atoms with Crippen LogP contribution in [0.1, 0.15) is 17.5 Å². The number of fused-ring (bicyclic) bond motifs is 1. The third-order valence-corrected chi connectivity index (χ3v) is 5.88. The lowest BCUT2D eigenvalue weighted by Crippen LogP contribution is -2.39. The van der Waals surface area contributed by atoms with Gasteiger partial charge in [0.25, 0.3) is 5.91 Å². The van der Waals surface area contributed by atoms with Crippen LogP contribution in [0.2, 0.25) is 5.02 Å². The summed E-state index contributed by atoms with van der Waals surface area (Å²) in [6.07, 6.45) is -4.42. The number of rotatable bonds is 4. The van der Waals surface area contributed by atoms with Gasteiger partial charge in [0.05, 0.1) is 17.5 Å². The molecule has 1 N–H and O–H groups in total. The van der Waals surface area contributed by atoms with Crippen molar-refractivity contribution in [1.29, 1.82) is 0 Å². The van der Waals surface area contributed by atoms with Crippen molar-refractivity contribution in [2.75, 3.05) is 17.1 Å². The molecule has 0 bridgehead atoms. The monoisotopic (exact) mass is 462 g/mol. The van der Waals surface area contributed by atoms with Crippen LogP contribution in [0, 0.1) is 0 Å². The van der Waals surface area contributed by atoms with E-state index < -0.39 is 33.8 Å². The average molecular weight is 463 g/mol. The summed E-state index contributed by atoms with van der Waals surface area (Å²) in [5.41, 5.74) is -0.315. The number of halogens is 4. The second kappa shape index (κ2) is 8.35. The fourth-order valence-electron chi connectivity index (χ4n) is 3.04. The Morgan fingerprint density at radius 2 is 2.00 bits per heavy atom. The number of anilines is 1. The number of carbonyl (C=O) groups excluding carboxylic acids is 1. The molecular weight excluding hydrogens is 445 g/mol. The van der Waals surface area contributed by atoms with E-state index in [1.54, 1.807) is 0 Å². The summed E-state index contributed by atoms with van der Waals surface area (Å²) in [5.74, 6) is -0.398. The Hall–Kier alpha value is -2.46. The van der Waals surface area contributed by atoms with E-state index in [-0.39, 0.29) is 36.5 Å². The molecule has 6 nitrogen and oxygen atoms in total. The standard InChI is InChI=1S/C19H18ClF3N2O4S/c1-30(27,28)25-8-7-17(29-16-6-5-14(20)10-15(16)25)18(26)24-11-12-3-2-4-13(9-12)19(21,22)23/h2-6,9-10,17H,7-8,11H2,1H3,(H,24,26)/t17-/m1/s1. The molecule has 30 heavy (non-hydrogen) atoms. The maximum absolute atomic E-state index is 12.8. The molecule has 0 aromatic heterocycles. The lowest BCUT2D eigenvalue weighted by atomic mass is 10.1. The van der Waals surface area contributed by atoms with Gasteiger partial charge in [-0.25, -0.2) is 8.42 Å². The molecule has 1 atom stereocenters. The number of ether oxygens (including phenoxy) is 1. The quantitative estimate of drug-likeness (QED) is 0.753. The van der Waals surface area contributed by atoms with Crippen molar-refractivity contribution in [2.45, 2.75) is 25.2 Å². The topological polar surface area (TPSA) is 75.7 Å². The van der Waals surface area contributed by atoms with E-state index in [9.17, 15) is 26.4 Å². The second-order valence-corrected chi connectivity index (χ2v) is 9.10. The van der Waals surface area contributed by atoms with Gasteiger partial charge in [0.15, 0.2) is 6.10 Å². The van der Waals surface area contributed by atoms with Gasteiger partial charge in [-0.3, -0.25) is 9.10 Å². The number of carbonyl (C=O) groups is 1. The minimum absolute atomic E-state index is 0.0200. The molecule has 0 spiro atoms. The van der Waals surface area contributed by atoms with Gasteiger partial charge in [-0.05, 0) is 35.9 Å². The van der Waals surface area contributed by atoms with Gasteiger partial charge >= 0.3 is 6.18 Å². The Morgan fingerprint density at radius 1 is 1.27 bits per heavy atom. The molecule has 3 rings (SSSR count). The number of nitrogens with one attached hydrogen (secondary N) is 1. The van der Waals surface area contributed by atoms with E-state index in [0.29, 0.717) is 5.02 Å². The van der Waals surface area contributed by atoms with Crippen molar-refractivity contribution in [3.05, 3.63) is 58.6 Å². The number of amides is 1. The van der Waals surface area contributed by atoms with E-state index in [1.807, 2.05) is 0 Å². The van der Waals surface area contributed by atoms with Crippen LogP contribution in [-0.2, 0) is 27.5 Å². The molecule has 11 heteroatoms. The van der Waals surface area contributed by atoms with Gasteiger partial charge in [0, 0.05) is 24.5 Å². The lowest BCUT2D eigenvalue weighted by molar-refractivity contribution is -0.137. The van der Waals surface area contributed by atoms with Crippen molar-refractivity contribution in [3.63, 3.8) is 0 Å². The van der Waals surface area contributed by atoms with Gasteiger partial charge < -0.3 is 10.1 Å². The Balaban J connectivity index is 1.76. The van der Waals surface area contributed by atoms with Crippen molar-refractivity contribution in [2.24, 2.45) is 0 Å². The van der Waals surface area contributed by atoms with Crippen LogP contribution in [0.15, 0.2) is 42.5 Å². The Labute approximate surface area is 176 Å². The fourth-order valence-corrected chi connectivity index (χ4v) is 4.15. The summed E-state index contributed by atoms with van der Waals surface area (Å²) < 4.78 is 69.6. The molecule has 162 valence electrons. The number of nitrogens with zero attached hydrogens (tertiary/aromatic N) is 1.